The molecule has 3 rings (SSSR count). The Hall–Kier alpha value is -1.79. The summed E-state index contributed by atoms with van der Waals surface area (Å²) in [6.45, 7) is 1.54. The number of nitrogens with zero attached hydrogens (tertiary/aromatic N) is 3. The largest absolute Gasteiger partial charge is 0.378 e. The van der Waals surface area contributed by atoms with Crippen LogP contribution in [0.15, 0.2) is 29.9 Å². The van der Waals surface area contributed by atoms with Gasteiger partial charge in [0.05, 0.1) is 16.5 Å². The fraction of sp³-hybridized carbons (Fsp3) is 0.471. The highest BCUT2D eigenvalue weighted by atomic mass is 32.1. The van der Waals surface area contributed by atoms with E-state index in [4.69, 9.17) is 4.74 Å². The molecule has 5 nitrogen and oxygen atoms in total. The molecule has 0 saturated carbocycles. The second-order valence-electron chi connectivity index (χ2n) is 5.78. The number of hydrogen-bond acceptors (Lipinski definition) is 5. The van der Waals surface area contributed by atoms with Crippen LogP contribution in [0.3, 0.4) is 0 Å². The number of aromatic nitrogens is 2. The maximum Gasteiger partial charge on any atom is 0.256 e. The molecule has 2 aromatic heterocycles. The standard InChI is InChI=1S/C17H21N3O2S/c1-20(8-7-14-5-2-3-9-22-14)17(21)13-11-18-16(19-12-13)15-6-4-10-23-15/h4,6,10-12,14H,2-3,5,7-9H2,1H3/t14-/m1/s1. The smallest absolute Gasteiger partial charge is 0.256 e. The number of carbonyl (C=O) groups excluding carboxylic acids is 1. The van der Waals surface area contributed by atoms with Crippen LogP contribution < -0.4 is 0 Å². The molecule has 23 heavy (non-hydrogen) atoms. The third-order valence-corrected chi connectivity index (χ3v) is 4.91. The fourth-order valence-electron chi connectivity index (χ4n) is 2.67. The minimum atomic E-state index is -0.0430. The van der Waals surface area contributed by atoms with E-state index in [0.29, 0.717) is 17.9 Å². The Morgan fingerprint density at radius 1 is 1.39 bits per heavy atom. The molecule has 1 aliphatic rings. The lowest BCUT2D eigenvalue weighted by Crippen LogP contribution is -2.31. The molecular weight excluding hydrogens is 310 g/mol. The maximum absolute atomic E-state index is 12.4. The lowest BCUT2D eigenvalue weighted by atomic mass is 10.1. The van der Waals surface area contributed by atoms with Crippen molar-refractivity contribution in [1.82, 2.24) is 14.9 Å². The van der Waals surface area contributed by atoms with Crippen LogP contribution in [-0.4, -0.2) is 47.1 Å². The van der Waals surface area contributed by atoms with Gasteiger partial charge >= 0.3 is 0 Å². The first-order valence-electron chi connectivity index (χ1n) is 7.97. The first-order valence-corrected chi connectivity index (χ1v) is 8.85. The topological polar surface area (TPSA) is 55.3 Å². The second-order valence-corrected chi connectivity index (χ2v) is 6.72. The minimum absolute atomic E-state index is 0.0430. The van der Waals surface area contributed by atoms with Gasteiger partial charge in [-0.15, -0.1) is 11.3 Å². The van der Waals surface area contributed by atoms with Crippen LogP contribution in [0.4, 0.5) is 0 Å². The van der Waals surface area contributed by atoms with Gasteiger partial charge in [-0.3, -0.25) is 4.79 Å². The van der Waals surface area contributed by atoms with Gasteiger partial charge in [0.1, 0.15) is 0 Å². The van der Waals surface area contributed by atoms with E-state index in [1.54, 1.807) is 28.6 Å². The Labute approximate surface area is 140 Å². The molecule has 3 heterocycles. The average Bonchev–Trinajstić information content (AvgIpc) is 3.15. The van der Waals surface area contributed by atoms with Gasteiger partial charge in [0.25, 0.3) is 5.91 Å². The van der Waals surface area contributed by atoms with Crippen molar-refractivity contribution in [3.63, 3.8) is 0 Å². The van der Waals surface area contributed by atoms with Crippen LogP contribution in [0.1, 0.15) is 36.0 Å². The number of rotatable bonds is 5. The van der Waals surface area contributed by atoms with E-state index < -0.39 is 0 Å². The van der Waals surface area contributed by atoms with Gasteiger partial charge in [-0.05, 0) is 37.1 Å². The van der Waals surface area contributed by atoms with E-state index in [-0.39, 0.29) is 12.0 Å². The lowest BCUT2D eigenvalue weighted by molar-refractivity contribution is 0.00708. The summed E-state index contributed by atoms with van der Waals surface area (Å²) in [6, 6.07) is 3.93. The van der Waals surface area contributed by atoms with Crippen molar-refractivity contribution in [2.24, 2.45) is 0 Å². The van der Waals surface area contributed by atoms with Gasteiger partial charge in [-0.2, -0.15) is 0 Å². The highest BCUT2D eigenvalue weighted by Gasteiger charge is 2.18. The zero-order chi connectivity index (χ0) is 16.1. The third kappa shape index (κ3) is 4.14. The van der Waals surface area contributed by atoms with Gasteiger partial charge in [0.2, 0.25) is 0 Å². The van der Waals surface area contributed by atoms with Gasteiger partial charge in [-0.25, -0.2) is 9.97 Å². The van der Waals surface area contributed by atoms with Crippen LogP contribution >= 0.6 is 11.3 Å². The van der Waals surface area contributed by atoms with E-state index >= 15 is 0 Å². The van der Waals surface area contributed by atoms with Crippen molar-refractivity contribution in [2.75, 3.05) is 20.2 Å². The predicted octanol–water partition coefficient (Wildman–Crippen LogP) is 3.24. The van der Waals surface area contributed by atoms with Crippen molar-refractivity contribution < 1.29 is 9.53 Å². The summed E-state index contributed by atoms with van der Waals surface area (Å²) in [6.07, 6.45) is 7.86. The fourth-order valence-corrected chi connectivity index (χ4v) is 3.34. The zero-order valence-corrected chi connectivity index (χ0v) is 14.1. The second kappa shape index (κ2) is 7.66. The van der Waals surface area contributed by atoms with E-state index in [2.05, 4.69) is 9.97 Å². The van der Waals surface area contributed by atoms with E-state index in [1.807, 2.05) is 24.6 Å². The maximum atomic E-state index is 12.4. The molecule has 6 heteroatoms. The van der Waals surface area contributed by atoms with Crippen molar-refractivity contribution in [3.8, 4) is 10.7 Å². The average molecular weight is 331 g/mol. The van der Waals surface area contributed by atoms with E-state index in [0.717, 1.165) is 30.7 Å². The lowest BCUT2D eigenvalue weighted by Gasteiger charge is -2.25. The molecule has 1 atom stereocenters. The molecule has 0 unspecified atom stereocenters. The van der Waals surface area contributed by atoms with Crippen LogP contribution in [0, 0.1) is 0 Å². The van der Waals surface area contributed by atoms with Crippen LogP contribution in [0.25, 0.3) is 10.7 Å². The van der Waals surface area contributed by atoms with Crippen LogP contribution in [-0.2, 0) is 4.74 Å². The summed E-state index contributed by atoms with van der Waals surface area (Å²) >= 11 is 1.59. The molecule has 2 aromatic rings. The molecule has 1 fully saturated rings. The van der Waals surface area contributed by atoms with Crippen molar-refractivity contribution in [1.29, 1.82) is 0 Å². The summed E-state index contributed by atoms with van der Waals surface area (Å²) in [5.74, 6) is 0.619. The number of thiophene rings is 1. The SMILES string of the molecule is CN(CC[C@H]1CCCCO1)C(=O)c1cnc(-c2cccs2)nc1. The Morgan fingerprint density at radius 3 is 2.87 bits per heavy atom. The Kier molecular flexibility index (Phi) is 5.35. The predicted molar refractivity (Wildman–Crippen MR) is 90.5 cm³/mol. The zero-order valence-electron chi connectivity index (χ0n) is 13.3. The minimum Gasteiger partial charge on any atom is -0.378 e. The first kappa shape index (κ1) is 16.1. The Balaban J connectivity index is 1.56. The molecule has 1 aliphatic heterocycles. The van der Waals surface area contributed by atoms with Crippen LogP contribution in [0.5, 0.6) is 0 Å². The van der Waals surface area contributed by atoms with Crippen molar-refractivity contribution in [3.05, 3.63) is 35.5 Å². The molecule has 0 N–H and O–H groups in total. The number of carbonyl (C=O) groups is 1. The Bertz CT molecular complexity index is 622. The first-order chi connectivity index (χ1) is 11.2. The number of hydrogen-bond donors (Lipinski definition) is 0. The van der Waals surface area contributed by atoms with Crippen LogP contribution in [0.2, 0.25) is 0 Å². The quantitative estimate of drug-likeness (QED) is 0.844. The van der Waals surface area contributed by atoms with Gasteiger partial charge in [0, 0.05) is 32.6 Å². The molecule has 0 bridgehead atoms. The molecule has 0 radical (unpaired) electrons. The summed E-state index contributed by atoms with van der Waals surface area (Å²) in [5.41, 5.74) is 0.525. The summed E-state index contributed by atoms with van der Waals surface area (Å²) in [5, 5.41) is 1.98. The molecule has 0 aliphatic carbocycles. The summed E-state index contributed by atoms with van der Waals surface area (Å²) in [7, 11) is 1.82. The monoisotopic (exact) mass is 331 g/mol. The highest BCUT2D eigenvalue weighted by Crippen LogP contribution is 2.20. The normalized spacial score (nSPS) is 17.9. The molecule has 0 aromatic carbocycles. The number of ether oxygens (including phenoxy) is 1. The summed E-state index contributed by atoms with van der Waals surface area (Å²) < 4.78 is 5.71. The van der Waals surface area contributed by atoms with Crippen molar-refractivity contribution in [2.45, 2.75) is 31.8 Å². The molecule has 1 saturated heterocycles. The van der Waals surface area contributed by atoms with E-state index in [9.17, 15) is 4.79 Å². The van der Waals surface area contributed by atoms with Crippen molar-refractivity contribution >= 4 is 17.2 Å². The number of amides is 1. The third-order valence-electron chi connectivity index (χ3n) is 4.05. The molecule has 1 amide bonds. The highest BCUT2D eigenvalue weighted by molar-refractivity contribution is 7.13. The Morgan fingerprint density at radius 2 is 2.22 bits per heavy atom. The summed E-state index contributed by atoms with van der Waals surface area (Å²) in [4.78, 5) is 23.8. The van der Waals surface area contributed by atoms with Gasteiger partial charge in [-0.1, -0.05) is 6.07 Å². The van der Waals surface area contributed by atoms with Gasteiger partial charge < -0.3 is 9.64 Å². The molecular formula is C17H21N3O2S. The van der Waals surface area contributed by atoms with Gasteiger partial charge in [0.15, 0.2) is 5.82 Å². The molecule has 122 valence electrons. The molecule has 0 spiro atoms. The van der Waals surface area contributed by atoms with E-state index in [1.165, 1.54) is 6.42 Å².